The lowest BCUT2D eigenvalue weighted by atomic mass is 10.1. The number of esters is 1. The van der Waals surface area contributed by atoms with Gasteiger partial charge in [-0.1, -0.05) is 42.5 Å². The van der Waals surface area contributed by atoms with Crippen molar-refractivity contribution >= 4 is 16.7 Å². The molecule has 94 valence electrons. The molecule has 1 heterocycles. The Kier molecular flexibility index (Phi) is 2.98. The van der Waals surface area contributed by atoms with Crippen molar-refractivity contribution in [2.24, 2.45) is 0 Å². The molecule has 0 saturated carbocycles. The van der Waals surface area contributed by atoms with Crippen LogP contribution in [0, 0.1) is 0 Å². The molecule has 4 nitrogen and oxygen atoms in total. The summed E-state index contributed by atoms with van der Waals surface area (Å²) in [5, 5.41) is 8.54. The van der Waals surface area contributed by atoms with E-state index in [1.54, 1.807) is 6.07 Å². The molecule has 0 spiro atoms. The smallest absolute Gasteiger partial charge is 0.356 e. The van der Waals surface area contributed by atoms with Gasteiger partial charge in [0, 0.05) is 6.20 Å². The number of fused-ring (bicyclic) bond motifs is 1. The highest BCUT2D eigenvalue weighted by Crippen LogP contribution is 2.19. The third kappa shape index (κ3) is 2.33. The second kappa shape index (κ2) is 4.94. The summed E-state index contributed by atoms with van der Waals surface area (Å²) in [5.74, 6) is -0.398. The molecule has 19 heavy (non-hydrogen) atoms. The van der Waals surface area contributed by atoms with E-state index in [0.29, 0.717) is 5.69 Å². The van der Waals surface area contributed by atoms with Crippen LogP contribution in [0.1, 0.15) is 16.1 Å². The summed E-state index contributed by atoms with van der Waals surface area (Å²) in [7, 11) is 0. The fourth-order valence-corrected chi connectivity index (χ4v) is 2.01. The molecule has 3 rings (SSSR count). The molecule has 1 aromatic heterocycles. The van der Waals surface area contributed by atoms with E-state index in [2.05, 4.69) is 10.2 Å². The summed E-state index contributed by atoms with van der Waals surface area (Å²) in [6, 6.07) is 15.6. The Hall–Kier alpha value is -2.62. The zero-order chi connectivity index (χ0) is 13.1. The molecule has 4 heteroatoms. The van der Waals surface area contributed by atoms with Crippen LogP contribution in [-0.4, -0.2) is 16.2 Å². The molecule has 0 atom stereocenters. The van der Waals surface area contributed by atoms with Gasteiger partial charge in [0.1, 0.15) is 12.3 Å². The molecule has 3 aromatic rings. The second-order valence-electron chi connectivity index (χ2n) is 4.18. The molecular formula is C15H12N2O2. The van der Waals surface area contributed by atoms with Gasteiger partial charge >= 0.3 is 5.97 Å². The third-order valence-electron chi connectivity index (χ3n) is 2.96. The van der Waals surface area contributed by atoms with Crippen LogP contribution in [0.25, 0.3) is 10.8 Å². The molecule has 0 bridgehead atoms. The highest BCUT2D eigenvalue weighted by molar-refractivity contribution is 5.88. The minimum atomic E-state index is -0.398. The van der Waals surface area contributed by atoms with Crippen LogP contribution >= 0.6 is 0 Å². The molecule has 0 unspecified atom stereocenters. The van der Waals surface area contributed by atoms with E-state index in [1.807, 2.05) is 42.5 Å². The lowest BCUT2D eigenvalue weighted by Gasteiger charge is -2.07. The number of hydrogen-bond acceptors (Lipinski definition) is 3. The molecule has 0 fully saturated rings. The Morgan fingerprint density at radius 2 is 1.95 bits per heavy atom. The summed E-state index contributed by atoms with van der Waals surface area (Å²) in [5.41, 5.74) is 1.35. The number of H-pyrrole nitrogens is 1. The van der Waals surface area contributed by atoms with Gasteiger partial charge in [-0.15, -0.1) is 0 Å². The maximum atomic E-state index is 11.7. The van der Waals surface area contributed by atoms with E-state index in [0.717, 1.165) is 16.3 Å². The van der Waals surface area contributed by atoms with E-state index < -0.39 is 5.97 Å². The van der Waals surface area contributed by atoms with Crippen molar-refractivity contribution in [3.8, 4) is 0 Å². The number of benzene rings is 2. The first-order valence-corrected chi connectivity index (χ1v) is 5.98. The van der Waals surface area contributed by atoms with Crippen LogP contribution in [0.5, 0.6) is 0 Å². The lowest BCUT2D eigenvalue weighted by Crippen LogP contribution is -2.06. The maximum Gasteiger partial charge on any atom is 0.356 e. The molecule has 1 N–H and O–H groups in total. The molecule has 0 aliphatic carbocycles. The molecule has 2 aromatic carbocycles. The average Bonchev–Trinajstić information content (AvgIpc) is 2.99. The van der Waals surface area contributed by atoms with Crippen molar-refractivity contribution in [2.45, 2.75) is 6.61 Å². The van der Waals surface area contributed by atoms with Gasteiger partial charge in [-0.3, -0.25) is 5.10 Å². The van der Waals surface area contributed by atoms with E-state index >= 15 is 0 Å². The number of hydrogen-bond donors (Lipinski definition) is 1. The van der Waals surface area contributed by atoms with Crippen LogP contribution in [0.15, 0.2) is 54.7 Å². The van der Waals surface area contributed by atoms with Crippen molar-refractivity contribution in [1.29, 1.82) is 0 Å². The fourth-order valence-electron chi connectivity index (χ4n) is 2.01. The molecule has 0 radical (unpaired) electrons. The van der Waals surface area contributed by atoms with E-state index in [1.165, 1.54) is 6.20 Å². The Bertz CT molecular complexity index is 700. The predicted molar refractivity (Wildman–Crippen MR) is 71.7 cm³/mol. The first-order chi connectivity index (χ1) is 9.34. The Labute approximate surface area is 110 Å². The van der Waals surface area contributed by atoms with Gasteiger partial charge in [0.05, 0.1) is 0 Å². The summed E-state index contributed by atoms with van der Waals surface area (Å²) in [6.45, 7) is 0.249. The monoisotopic (exact) mass is 252 g/mol. The Morgan fingerprint density at radius 3 is 2.79 bits per heavy atom. The zero-order valence-electron chi connectivity index (χ0n) is 10.2. The van der Waals surface area contributed by atoms with Crippen molar-refractivity contribution in [1.82, 2.24) is 10.2 Å². The van der Waals surface area contributed by atoms with Gasteiger partial charge in [-0.25, -0.2) is 4.79 Å². The number of aromatic nitrogens is 2. The quantitative estimate of drug-likeness (QED) is 0.729. The molecule has 0 saturated heterocycles. The van der Waals surface area contributed by atoms with Gasteiger partial charge in [0.15, 0.2) is 0 Å². The molecular weight excluding hydrogens is 240 g/mol. The maximum absolute atomic E-state index is 11.7. The minimum absolute atomic E-state index is 0.249. The van der Waals surface area contributed by atoms with Crippen LogP contribution < -0.4 is 0 Å². The molecule has 0 aliphatic rings. The Balaban J connectivity index is 1.81. The van der Waals surface area contributed by atoms with Gasteiger partial charge in [-0.2, -0.15) is 5.10 Å². The number of carbonyl (C=O) groups excluding carboxylic acids is 1. The van der Waals surface area contributed by atoms with Crippen LogP contribution in [0.3, 0.4) is 0 Å². The topological polar surface area (TPSA) is 55.0 Å². The standard InChI is InChI=1S/C15H12N2O2/c18-15(14-8-9-16-17-14)19-10-12-6-3-5-11-4-1-2-7-13(11)12/h1-9H,10H2,(H,16,17). The predicted octanol–water partition coefficient (Wildman–Crippen LogP) is 2.92. The highest BCUT2D eigenvalue weighted by atomic mass is 16.5. The second-order valence-corrected chi connectivity index (χ2v) is 4.18. The van der Waals surface area contributed by atoms with E-state index in [-0.39, 0.29) is 6.61 Å². The van der Waals surface area contributed by atoms with E-state index in [4.69, 9.17) is 4.74 Å². The van der Waals surface area contributed by atoms with Gasteiger partial charge < -0.3 is 4.74 Å². The Morgan fingerprint density at radius 1 is 1.11 bits per heavy atom. The summed E-state index contributed by atoms with van der Waals surface area (Å²) in [4.78, 5) is 11.7. The van der Waals surface area contributed by atoms with Crippen molar-refractivity contribution in [2.75, 3.05) is 0 Å². The number of carbonyl (C=O) groups is 1. The first kappa shape index (κ1) is 11.5. The number of aromatic amines is 1. The summed E-state index contributed by atoms with van der Waals surface area (Å²) < 4.78 is 5.27. The number of ether oxygens (including phenoxy) is 1. The first-order valence-electron chi connectivity index (χ1n) is 5.98. The third-order valence-corrected chi connectivity index (χ3v) is 2.96. The van der Waals surface area contributed by atoms with Crippen molar-refractivity contribution in [3.05, 3.63) is 66.0 Å². The van der Waals surface area contributed by atoms with Gasteiger partial charge in [0.25, 0.3) is 0 Å². The SMILES string of the molecule is O=C(OCc1cccc2ccccc12)c1ccn[nH]1. The van der Waals surface area contributed by atoms with Crippen LogP contribution in [0.2, 0.25) is 0 Å². The van der Waals surface area contributed by atoms with Crippen molar-refractivity contribution in [3.63, 3.8) is 0 Å². The fraction of sp³-hybridized carbons (Fsp3) is 0.0667. The van der Waals surface area contributed by atoms with Gasteiger partial charge in [-0.05, 0) is 22.4 Å². The van der Waals surface area contributed by atoms with Crippen LogP contribution in [-0.2, 0) is 11.3 Å². The number of nitrogens with zero attached hydrogens (tertiary/aromatic N) is 1. The highest BCUT2D eigenvalue weighted by Gasteiger charge is 2.09. The normalized spacial score (nSPS) is 10.5. The summed E-state index contributed by atoms with van der Waals surface area (Å²) in [6.07, 6.45) is 1.52. The van der Waals surface area contributed by atoms with Crippen molar-refractivity contribution < 1.29 is 9.53 Å². The average molecular weight is 252 g/mol. The lowest BCUT2D eigenvalue weighted by molar-refractivity contribution is 0.0467. The van der Waals surface area contributed by atoms with Gasteiger partial charge in [0.2, 0.25) is 0 Å². The molecule has 0 aliphatic heterocycles. The molecule has 0 amide bonds. The largest absolute Gasteiger partial charge is 0.456 e. The van der Waals surface area contributed by atoms with Crippen LogP contribution in [0.4, 0.5) is 0 Å². The number of rotatable bonds is 3. The van der Waals surface area contributed by atoms with E-state index in [9.17, 15) is 4.79 Å². The zero-order valence-corrected chi connectivity index (χ0v) is 10.2. The minimum Gasteiger partial charge on any atom is -0.456 e. The summed E-state index contributed by atoms with van der Waals surface area (Å²) >= 11 is 0. The number of nitrogens with one attached hydrogen (secondary N) is 1.